The van der Waals surface area contributed by atoms with Crippen LogP contribution in [0.1, 0.15) is 5.56 Å². The number of halogens is 5. The van der Waals surface area contributed by atoms with E-state index in [9.17, 15) is 17.6 Å². The fourth-order valence-electron chi connectivity index (χ4n) is 1.67. The quantitative estimate of drug-likeness (QED) is 0.568. The van der Waals surface area contributed by atoms with Gasteiger partial charge in [0.2, 0.25) is 0 Å². The SMILES string of the molecule is Fc1cc(CNc2ccccc2SC(F)(F)F)ccc1Cl. The number of para-hydroxylation sites is 1. The van der Waals surface area contributed by atoms with Crippen molar-refractivity contribution in [1.82, 2.24) is 0 Å². The van der Waals surface area contributed by atoms with E-state index in [0.717, 1.165) is 0 Å². The minimum absolute atomic E-state index is 0.00628. The molecule has 7 heteroatoms. The Kier molecular flexibility index (Phi) is 5.00. The first-order chi connectivity index (χ1) is 9.85. The van der Waals surface area contributed by atoms with Gasteiger partial charge in [-0.15, -0.1) is 0 Å². The van der Waals surface area contributed by atoms with Gasteiger partial charge < -0.3 is 5.32 Å². The van der Waals surface area contributed by atoms with Crippen molar-refractivity contribution >= 4 is 29.1 Å². The molecule has 0 saturated carbocycles. The van der Waals surface area contributed by atoms with Crippen molar-refractivity contribution in [2.75, 3.05) is 5.32 Å². The predicted molar refractivity (Wildman–Crippen MR) is 77.1 cm³/mol. The molecule has 0 aliphatic heterocycles. The summed E-state index contributed by atoms with van der Waals surface area (Å²) in [6.07, 6.45) is 0. The minimum Gasteiger partial charge on any atom is -0.380 e. The highest BCUT2D eigenvalue weighted by Crippen LogP contribution is 2.40. The van der Waals surface area contributed by atoms with E-state index in [-0.39, 0.29) is 28.2 Å². The van der Waals surface area contributed by atoms with E-state index in [1.807, 2.05) is 0 Å². The molecule has 0 saturated heterocycles. The highest BCUT2D eigenvalue weighted by atomic mass is 35.5. The van der Waals surface area contributed by atoms with Crippen LogP contribution in [0.5, 0.6) is 0 Å². The minimum atomic E-state index is -4.36. The second kappa shape index (κ2) is 6.58. The molecule has 2 aromatic rings. The molecule has 0 bridgehead atoms. The zero-order valence-corrected chi connectivity index (χ0v) is 12.1. The Hall–Kier alpha value is -1.40. The Morgan fingerprint density at radius 1 is 1.10 bits per heavy atom. The summed E-state index contributed by atoms with van der Waals surface area (Å²) in [7, 11) is 0. The number of anilines is 1. The van der Waals surface area contributed by atoms with E-state index in [2.05, 4.69) is 5.32 Å². The van der Waals surface area contributed by atoms with Crippen LogP contribution in [0.25, 0.3) is 0 Å². The zero-order chi connectivity index (χ0) is 15.5. The van der Waals surface area contributed by atoms with Crippen LogP contribution in [-0.4, -0.2) is 5.51 Å². The molecule has 112 valence electrons. The van der Waals surface area contributed by atoms with Gasteiger partial charge in [0.1, 0.15) is 5.82 Å². The number of nitrogens with one attached hydrogen (secondary N) is 1. The molecule has 0 unspecified atom stereocenters. The van der Waals surface area contributed by atoms with E-state index in [1.54, 1.807) is 18.2 Å². The molecular formula is C14H10ClF4NS. The molecule has 21 heavy (non-hydrogen) atoms. The maximum absolute atomic E-state index is 13.3. The van der Waals surface area contributed by atoms with E-state index in [1.165, 1.54) is 24.3 Å². The van der Waals surface area contributed by atoms with Gasteiger partial charge >= 0.3 is 5.51 Å². The largest absolute Gasteiger partial charge is 0.446 e. The normalized spacial score (nSPS) is 11.5. The van der Waals surface area contributed by atoms with E-state index >= 15 is 0 Å². The van der Waals surface area contributed by atoms with Crippen LogP contribution in [0.3, 0.4) is 0 Å². The van der Waals surface area contributed by atoms with Crippen molar-refractivity contribution in [3.05, 3.63) is 58.9 Å². The van der Waals surface area contributed by atoms with Gasteiger partial charge in [0.05, 0.1) is 5.02 Å². The molecule has 1 nitrogen and oxygen atoms in total. The zero-order valence-electron chi connectivity index (χ0n) is 10.5. The summed E-state index contributed by atoms with van der Waals surface area (Å²) in [5.41, 5.74) is -3.43. The smallest absolute Gasteiger partial charge is 0.380 e. The third-order valence-corrected chi connectivity index (χ3v) is 3.69. The lowest BCUT2D eigenvalue weighted by atomic mass is 10.2. The van der Waals surface area contributed by atoms with Crippen LogP contribution in [0.2, 0.25) is 5.02 Å². The molecule has 0 amide bonds. The third-order valence-electron chi connectivity index (χ3n) is 2.58. The summed E-state index contributed by atoms with van der Waals surface area (Å²) < 4.78 is 50.7. The van der Waals surface area contributed by atoms with Crippen molar-refractivity contribution < 1.29 is 17.6 Å². The standard InChI is InChI=1S/C14H10ClF4NS/c15-10-6-5-9(7-11(10)16)8-20-12-3-1-2-4-13(12)21-14(17,18)19/h1-7,20H,8H2. The average molecular weight is 336 g/mol. The van der Waals surface area contributed by atoms with Gasteiger partial charge in [-0.1, -0.05) is 29.8 Å². The lowest BCUT2D eigenvalue weighted by molar-refractivity contribution is -0.0327. The predicted octanol–water partition coefficient (Wildman–Crippen LogP) is 5.70. The molecule has 0 aromatic heterocycles. The van der Waals surface area contributed by atoms with Crippen LogP contribution < -0.4 is 5.32 Å². The molecular weight excluding hydrogens is 326 g/mol. The number of benzene rings is 2. The van der Waals surface area contributed by atoms with E-state index in [0.29, 0.717) is 11.3 Å². The molecule has 0 aliphatic carbocycles. The summed E-state index contributed by atoms with van der Waals surface area (Å²) >= 11 is 5.38. The first-order valence-corrected chi connectivity index (χ1v) is 7.07. The van der Waals surface area contributed by atoms with Crippen molar-refractivity contribution in [3.8, 4) is 0 Å². The van der Waals surface area contributed by atoms with Gasteiger partial charge in [-0.3, -0.25) is 0 Å². The number of thioether (sulfide) groups is 1. The average Bonchev–Trinajstić information content (AvgIpc) is 2.40. The van der Waals surface area contributed by atoms with Gasteiger partial charge in [-0.25, -0.2) is 4.39 Å². The van der Waals surface area contributed by atoms with Gasteiger partial charge in [-0.2, -0.15) is 13.2 Å². The van der Waals surface area contributed by atoms with Gasteiger partial charge in [-0.05, 0) is 41.6 Å². The third kappa shape index (κ3) is 4.82. The topological polar surface area (TPSA) is 12.0 Å². The lowest BCUT2D eigenvalue weighted by Gasteiger charge is -2.13. The number of rotatable bonds is 4. The Bertz CT molecular complexity index is 631. The highest BCUT2D eigenvalue weighted by molar-refractivity contribution is 8.00. The van der Waals surface area contributed by atoms with Crippen LogP contribution in [0.15, 0.2) is 47.4 Å². The first-order valence-electron chi connectivity index (χ1n) is 5.88. The number of hydrogen-bond acceptors (Lipinski definition) is 2. The van der Waals surface area contributed by atoms with Crippen molar-refractivity contribution in [1.29, 1.82) is 0 Å². The second-order valence-electron chi connectivity index (χ2n) is 4.15. The molecule has 0 fully saturated rings. The summed E-state index contributed by atoms with van der Waals surface area (Å²) in [6.45, 7) is 0.198. The fraction of sp³-hybridized carbons (Fsp3) is 0.143. The molecule has 2 rings (SSSR count). The summed E-state index contributed by atoms with van der Waals surface area (Å²) in [4.78, 5) is 0.0689. The molecule has 0 aliphatic rings. The summed E-state index contributed by atoms with van der Waals surface area (Å²) in [6, 6.07) is 10.3. The lowest BCUT2D eigenvalue weighted by Crippen LogP contribution is -2.04. The summed E-state index contributed by atoms with van der Waals surface area (Å²) in [5, 5.41) is 2.87. The van der Waals surface area contributed by atoms with Gasteiger partial charge in [0, 0.05) is 17.1 Å². The van der Waals surface area contributed by atoms with E-state index in [4.69, 9.17) is 11.6 Å². The van der Waals surface area contributed by atoms with Crippen molar-refractivity contribution in [2.45, 2.75) is 16.9 Å². The van der Waals surface area contributed by atoms with Crippen LogP contribution in [0.4, 0.5) is 23.2 Å². The van der Waals surface area contributed by atoms with Crippen LogP contribution in [0, 0.1) is 5.82 Å². The molecule has 0 spiro atoms. The van der Waals surface area contributed by atoms with Crippen LogP contribution in [-0.2, 0) is 6.54 Å². The first kappa shape index (κ1) is 16.0. The van der Waals surface area contributed by atoms with Gasteiger partial charge in [0.25, 0.3) is 0 Å². The maximum Gasteiger partial charge on any atom is 0.446 e. The van der Waals surface area contributed by atoms with Crippen LogP contribution >= 0.6 is 23.4 Å². The molecule has 0 atom stereocenters. The number of alkyl halides is 3. The number of hydrogen-bond donors (Lipinski definition) is 1. The second-order valence-corrected chi connectivity index (χ2v) is 5.66. The maximum atomic E-state index is 13.3. The monoisotopic (exact) mass is 335 g/mol. The van der Waals surface area contributed by atoms with Gasteiger partial charge in [0.15, 0.2) is 0 Å². The fourth-order valence-corrected chi connectivity index (χ4v) is 2.44. The Balaban J connectivity index is 2.11. The summed E-state index contributed by atoms with van der Waals surface area (Å²) in [5.74, 6) is -0.561. The molecule has 2 aromatic carbocycles. The van der Waals surface area contributed by atoms with Crippen molar-refractivity contribution in [3.63, 3.8) is 0 Å². The molecule has 0 radical (unpaired) electrons. The Morgan fingerprint density at radius 2 is 1.81 bits per heavy atom. The van der Waals surface area contributed by atoms with Crippen molar-refractivity contribution in [2.24, 2.45) is 0 Å². The Labute approximate surface area is 128 Å². The molecule has 1 N–H and O–H groups in total. The molecule has 0 heterocycles. The Morgan fingerprint density at radius 3 is 2.48 bits per heavy atom. The highest BCUT2D eigenvalue weighted by Gasteiger charge is 2.30. The van der Waals surface area contributed by atoms with E-state index < -0.39 is 11.3 Å².